The molecule has 0 unspecified atom stereocenters. The minimum Gasteiger partial charge on any atom is -0.342 e. The van der Waals surface area contributed by atoms with Crippen molar-refractivity contribution in [1.82, 2.24) is 19.6 Å². The zero-order chi connectivity index (χ0) is 15.7. The van der Waals surface area contributed by atoms with Crippen molar-refractivity contribution in [3.05, 3.63) is 0 Å². The molecule has 0 N–H and O–H groups in total. The van der Waals surface area contributed by atoms with Gasteiger partial charge in [-0.15, -0.1) is 0 Å². The van der Waals surface area contributed by atoms with E-state index in [0.29, 0.717) is 13.0 Å². The van der Waals surface area contributed by atoms with Gasteiger partial charge in [0.05, 0.1) is 19.0 Å². The summed E-state index contributed by atoms with van der Waals surface area (Å²) in [6, 6.07) is -0.297. The molecule has 122 valence electrons. The molecule has 3 saturated heterocycles. The molecule has 0 saturated carbocycles. The Morgan fingerprint density at radius 3 is 2.23 bits per heavy atom. The lowest BCUT2D eigenvalue weighted by atomic mass is 10.1. The minimum atomic E-state index is -0.297. The van der Waals surface area contributed by atoms with Crippen molar-refractivity contribution in [2.24, 2.45) is 0 Å². The second-order valence-electron chi connectivity index (χ2n) is 6.41. The number of carbonyl (C=O) groups is 3. The molecule has 3 aliphatic heterocycles. The van der Waals surface area contributed by atoms with Crippen molar-refractivity contribution >= 4 is 17.7 Å². The van der Waals surface area contributed by atoms with Crippen LogP contribution in [0, 0.1) is 0 Å². The van der Waals surface area contributed by atoms with E-state index in [-0.39, 0.29) is 23.8 Å². The number of hydrogen-bond acceptors (Lipinski definition) is 5. The second-order valence-corrected chi connectivity index (χ2v) is 6.41. The van der Waals surface area contributed by atoms with Crippen molar-refractivity contribution in [3.63, 3.8) is 0 Å². The molecule has 3 amide bonds. The van der Waals surface area contributed by atoms with Gasteiger partial charge in [-0.2, -0.15) is 0 Å². The molecular weight excluding hydrogens is 284 g/mol. The molecule has 0 radical (unpaired) electrons. The van der Waals surface area contributed by atoms with Gasteiger partial charge in [0.1, 0.15) is 0 Å². The molecule has 0 aromatic heterocycles. The Morgan fingerprint density at radius 1 is 1.05 bits per heavy atom. The first kappa shape index (κ1) is 15.4. The quantitative estimate of drug-likeness (QED) is 0.625. The van der Waals surface area contributed by atoms with Crippen molar-refractivity contribution in [2.75, 3.05) is 52.9 Å². The lowest BCUT2D eigenvalue weighted by molar-refractivity contribution is -0.139. The van der Waals surface area contributed by atoms with Gasteiger partial charge in [0.25, 0.3) is 0 Å². The Kier molecular flexibility index (Phi) is 4.44. The largest absolute Gasteiger partial charge is 0.342 e. The zero-order valence-electron chi connectivity index (χ0n) is 13.2. The number of hydrogen-bond donors (Lipinski definition) is 0. The maximum Gasteiger partial charge on any atom is 0.246 e. The highest BCUT2D eigenvalue weighted by Gasteiger charge is 2.40. The number of piperazine rings is 1. The molecule has 0 aromatic carbocycles. The molecule has 3 rings (SSSR count). The summed E-state index contributed by atoms with van der Waals surface area (Å²) in [6.45, 7) is 5.30. The smallest absolute Gasteiger partial charge is 0.246 e. The molecule has 7 heteroatoms. The summed E-state index contributed by atoms with van der Waals surface area (Å²) in [5.41, 5.74) is 0. The van der Waals surface area contributed by atoms with Crippen molar-refractivity contribution in [2.45, 2.75) is 25.3 Å². The summed E-state index contributed by atoms with van der Waals surface area (Å²) in [5.74, 6) is 0.0334. The standard InChI is InChI=1S/C15H24N4O3/c1-16-13(20)10-12(15(16)22)18-8-6-17(7-9-18)11-14(21)19-4-2-3-5-19/h12H,2-11H2,1H3/t12-/m1/s1. The Morgan fingerprint density at radius 2 is 1.68 bits per heavy atom. The van der Waals surface area contributed by atoms with E-state index in [9.17, 15) is 14.4 Å². The van der Waals surface area contributed by atoms with Crippen molar-refractivity contribution in [1.29, 1.82) is 0 Å². The van der Waals surface area contributed by atoms with Gasteiger partial charge in [0.15, 0.2) is 0 Å². The van der Waals surface area contributed by atoms with Gasteiger partial charge in [0.2, 0.25) is 17.7 Å². The van der Waals surface area contributed by atoms with E-state index in [1.807, 2.05) is 4.90 Å². The number of nitrogens with zero attached hydrogens (tertiary/aromatic N) is 4. The molecule has 1 atom stereocenters. The van der Waals surface area contributed by atoms with Crippen LogP contribution in [0.2, 0.25) is 0 Å². The van der Waals surface area contributed by atoms with Crippen LogP contribution in [0.1, 0.15) is 19.3 Å². The normalized spacial score (nSPS) is 28.0. The summed E-state index contributed by atoms with van der Waals surface area (Å²) in [7, 11) is 1.55. The average Bonchev–Trinajstić information content (AvgIpc) is 3.13. The van der Waals surface area contributed by atoms with Crippen LogP contribution in [-0.2, 0) is 14.4 Å². The third kappa shape index (κ3) is 3.01. The summed E-state index contributed by atoms with van der Waals surface area (Å²) in [6.07, 6.45) is 2.53. The molecule has 0 bridgehead atoms. The van der Waals surface area contributed by atoms with E-state index in [0.717, 1.165) is 52.1 Å². The predicted molar refractivity (Wildman–Crippen MR) is 80.0 cm³/mol. The Bertz CT molecular complexity index is 467. The molecular formula is C15H24N4O3. The van der Waals surface area contributed by atoms with Crippen LogP contribution in [0.25, 0.3) is 0 Å². The maximum absolute atomic E-state index is 12.2. The Balaban J connectivity index is 1.47. The first-order valence-corrected chi connectivity index (χ1v) is 8.11. The molecule has 3 aliphatic rings. The fraction of sp³-hybridized carbons (Fsp3) is 0.800. The second kappa shape index (κ2) is 6.34. The number of rotatable bonds is 3. The predicted octanol–water partition coefficient (Wildman–Crippen LogP) is -1.02. The molecule has 0 spiro atoms. The van der Waals surface area contributed by atoms with Crippen LogP contribution in [-0.4, -0.2) is 96.2 Å². The first-order chi connectivity index (χ1) is 10.6. The van der Waals surface area contributed by atoms with E-state index in [1.165, 1.54) is 4.90 Å². The highest BCUT2D eigenvalue weighted by molar-refractivity contribution is 6.05. The molecule has 3 fully saturated rings. The number of likely N-dealkylation sites (tertiary alicyclic amines) is 2. The molecule has 22 heavy (non-hydrogen) atoms. The van der Waals surface area contributed by atoms with Gasteiger partial charge in [0, 0.05) is 46.3 Å². The van der Waals surface area contributed by atoms with Gasteiger partial charge < -0.3 is 4.90 Å². The average molecular weight is 308 g/mol. The van der Waals surface area contributed by atoms with E-state index < -0.39 is 0 Å². The number of carbonyl (C=O) groups excluding carboxylic acids is 3. The van der Waals surface area contributed by atoms with Crippen LogP contribution >= 0.6 is 0 Å². The van der Waals surface area contributed by atoms with E-state index in [1.54, 1.807) is 7.05 Å². The molecule has 0 aromatic rings. The lowest BCUT2D eigenvalue weighted by Crippen LogP contribution is -2.54. The summed E-state index contributed by atoms with van der Waals surface area (Å²) >= 11 is 0. The molecule has 7 nitrogen and oxygen atoms in total. The number of likely N-dealkylation sites (N-methyl/N-ethyl adjacent to an activating group) is 1. The SMILES string of the molecule is CN1C(=O)C[C@@H](N2CCN(CC(=O)N3CCCC3)CC2)C1=O. The van der Waals surface area contributed by atoms with Crippen LogP contribution in [0.4, 0.5) is 0 Å². The summed E-state index contributed by atoms with van der Waals surface area (Å²) in [4.78, 5) is 43.2. The molecule has 0 aliphatic carbocycles. The Labute approximate surface area is 130 Å². The van der Waals surface area contributed by atoms with Crippen molar-refractivity contribution < 1.29 is 14.4 Å². The van der Waals surface area contributed by atoms with Gasteiger partial charge in [-0.3, -0.25) is 29.1 Å². The molecule has 3 heterocycles. The third-order valence-electron chi connectivity index (χ3n) is 5.02. The van der Waals surface area contributed by atoms with Gasteiger partial charge in [-0.25, -0.2) is 0 Å². The highest BCUT2D eigenvalue weighted by atomic mass is 16.2. The topological polar surface area (TPSA) is 64.2 Å². The van der Waals surface area contributed by atoms with Gasteiger partial charge >= 0.3 is 0 Å². The lowest BCUT2D eigenvalue weighted by Gasteiger charge is -2.37. The summed E-state index contributed by atoms with van der Waals surface area (Å²) in [5, 5.41) is 0. The number of imide groups is 1. The monoisotopic (exact) mass is 308 g/mol. The van der Waals surface area contributed by atoms with Crippen LogP contribution in [0.5, 0.6) is 0 Å². The third-order valence-corrected chi connectivity index (χ3v) is 5.02. The van der Waals surface area contributed by atoms with Crippen LogP contribution in [0.15, 0.2) is 0 Å². The van der Waals surface area contributed by atoms with Gasteiger partial charge in [-0.05, 0) is 12.8 Å². The zero-order valence-corrected chi connectivity index (χ0v) is 13.2. The van der Waals surface area contributed by atoms with E-state index >= 15 is 0 Å². The maximum atomic E-state index is 12.2. The fourth-order valence-electron chi connectivity index (χ4n) is 3.51. The highest BCUT2D eigenvalue weighted by Crippen LogP contribution is 2.19. The van der Waals surface area contributed by atoms with Crippen LogP contribution < -0.4 is 0 Å². The fourth-order valence-corrected chi connectivity index (χ4v) is 3.51. The van der Waals surface area contributed by atoms with Crippen molar-refractivity contribution in [3.8, 4) is 0 Å². The van der Waals surface area contributed by atoms with Crippen LogP contribution in [0.3, 0.4) is 0 Å². The van der Waals surface area contributed by atoms with E-state index in [2.05, 4.69) is 9.80 Å². The minimum absolute atomic E-state index is 0.0911. The Hall–Kier alpha value is -1.47. The summed E-state index contributed by atoms with van der Waals surface area (Å²) < 4.78 is 0. The first-order valence-electron chi connectivity index (χ1n) is 8.11. The van der Waals surface area contributed by atoms with Gasteiger partial charge in [-0.1, -0.05) is 0 Å². The number of amides is 3. The van der Waals surface area contributed by atoms with E-state index in [4.69, 9.17) is 0 Å².